The van der Waals surface area contributed by atoms with Crippen LogP contribution in [0.2, 0.25) is 0 Å². The smallest absolute Gasteiger partial charge is 0.244 e. The van der Waals surface area contributed by atoms with Gasteiger partial charge in [-0.25, -0.2) is 0 Å². The number of hydrogen-bond acceptors (Lipinski definition) is 3. The zero-order chi connectivity index (χ0) is 20.1. The predicted octanol–water partition coefficient (Wildman–Crippen LogP) is 4.29. The van der Waals surface area contributed by atoms with Gasteiger partial charge in [-0.2, -0.15) is 0 Å². The van der Waals surface area contributed by atoms with Gasteiger partial charge in [0.05, 0.1) is 0 Å². The molecule has 5 heteroatoms. The van der Waals surface area contributed by atoms with Crippen LogP contribution < -0.4 is 15.1 Å². The molecule has 0 unspecified atom stereocenters. The first-order chi connectivity index (χ1) is 13.4. The van der Waals surface area contributed by atoms with Gasteiger partial charge in [0.25, 0.3) is 0 Å². The van der Waals surface area contributed by atoms with Crippen molar-refractivity contribution in [2.24, 2.45) is 0 Å². The van der Waals surface area contributed by atoms with Gasteiger partial charge in [-0.05, 0) is 69.0 Å². The highest BCUT2D eigenvalue weighted by molar-refractivity contribution is 6.02. The van der Waals surface area contributed by atoms with E-state index in [4.69, 9.17) is 0 Å². The molecule has 0 bridgehead atoms. The fourth-order valence-electron chi connectivity index (χ4n) is 3.73. The summed E-state index contributed by atoms with van der Waals surface area (Å²) in [6, 6.07) is 13.8. The molecule has 0 aliphatic carbocycles. The molecule has 148 valence electrons. The first-order valence-corrected chi connectivity index (χ1v) is 9.94. The number of aryl methyl sites for hydroxylation is 2. The highest BCUT2D eigenvalue weighted by Crippen LogP contribution is 2.23. The lowest BCUT2D eigenvalue weighted by Gasteiger charge is -2.29. The van der Waals surface area contributed by atoms with E-state index in [0.717, 1.165) is 35.6 Å². The summed E-state index contributed by atoms with van der Waals surface area (Å²) in [5.41, 5.74) is 4.82. The standard InChI is InChI=1S/C23H29N3O2/c1-17-7-12-22(18(2)15-17)26(19(3)27)16-23(28)24-20-8-10-21(11-9-20)25-13-5-4-6-14-25/h7-12,15H,4-6,13-14,16H2,1-3H3,(H,24,28). The maximum Gasteiger partial charge on any atom is 0.244 e. The van der Waals surface area contributed by atoms with Crippen LogP contribution in [0, 0.1) is 13.8 Å². The van der Waals surface area contributed by atoms with Gasteiger partial charge < -0.3 is 15.1 Å². The van der Waals surface area contributed by atoms with Crippen LogP contribution in [0.15, 0.2) is 42.5 Å². The lowest BCUT2D eigenvalue weighted by molar-refractivity contribution is -0.120. The van der Waals surface area contributed by atoms with E-state index in [9.17, 15) is 9.59 Å². The van der Waals surface area contributed by atoms with Gasteiger partial charge in [0.15, 0.2) is 0 Å². The van der Waals surface area contributed by atoms with E-state index in [0.29, 0.717) is 0 Å². The van der Waals surface area contributed by atoms with Crippen LogP contribution in [-0.4, -0.2) is 31.4 Å². The van der Waals surface area contributed by atoms with Gasteiger partial charge in [0, 0.05) is 37.1 Å². The van der Waals surface area contributed by atoms with Gasteiger partial charge in [-0.3, -0.25) is 9.59 Å². The van der Waals surface area contributed by atoms with Crippen molar-refractivity contribution in [3.8, 4) is 0 Å². The van der Waals surface area contributed by atoms with Crippen LogP contribution in [0.25, 0.3) is 0 Å². The molecule has 28 heavy (non-hydrogen) atoms. The molecule has 5 nitrogen and oxygen atoms in total. The van der Waals surface area contributed by atoms with E-state index in [1.54, 1.807) is 0 Å². The van der Waals surface area contributed by atoms with Crippen molar-refractivity contribution in [2.45, 2.75) is 40.0 Å². The number of nitrogens with zero attached hydrogens (tertiary/aromatic N) is 2. The van der Waals surface area contributed by atoms with E-state index in [2.05, 4.69) is 10.2 Å². The molecule has 1 saturated heterocycles. The topological polar surface area (TPSA) is 52.7 Å². The van der Waals surface area contributed by atoms with E-state index in [1.807, 2.05) is 56.3 Å². The highest BCUT2D eigenvalue weighted by atomic mass is 16.2. The van der Waals surface area contributed by atoms with E-state index >= 15 is 0 Å². The van der Waals surface area contributed by atoms with Gasteiger partial charge >= 0.3 is 0 Å². The summed E-state index contributed by atoms with van der Waals surface area (Å²) in [5.74, 6) is -0.358. The van der Waals surface area contributed by atoms with E-state index in [-0.39, 0.29) is 18.4 Å². The first-order valence-electron chi connectivity index (χ1n) is 9.94. The number of piperidine rings is 1. The van der Waals surface area contributed by atoms with Gasteiger partial charge in [0.2, 0.25) is 11.8 Å². The van der Waals surface area contributed by atoms with Crippen molar-refractivity contribution < 1.29 is 9.59 Å². The third-order valence-electron chi connectivity index (χ3n) is 5.20. The number of carbonyl (C=O) groups excluding carboxylic acids is 2. The molecule has 1 N–H and O–H groups in total. The molecular weight excluding hydrogens is 350 g/mol. The van der Waals surface area contributed by atoms with E-state index in [1.165, 1.54) is 36.8 Å². The monoisotopic (exact) mass is 379 g/mol. The number of rotatable bonds is 5. The maximum atomic E-state index is 12.6. The molecule has 1 heterocycles. The molecule has 0 atom stereocenters. The van der Waals surface area contributed by atoms with Crippen LogP contribution in [0.5, 0.6) is 0 Å². The molecule has 3 rings (SSSR count). The molecule has 2 aromatic rings. The Balaban J connectivity index is 1.65. The first kappa shape index (κ1) is 19.9. The normalized spacial score (nSPS) is 13.9. The summed E-state index contributed by atoms with van der Waals surface area (Å²) in [7, 11) is 0. The number of anilines is 3. The summed E-state index contributed by atoms with van der Waals surface area (Å²) in [4.78, 5) is 28.6. The summed E-state index contributed by atoms with van der Waals surface area (Å²) >= 11 is 0. The second-order valence-electron chi connectivity index (χ2n) is 7.54. The highest BCUT2D eigenvalue weighted by Gasteiger charge is 2.18. The molecule has 0 saturated carbocycles. The zero-order valence-electron chi connectivity index (χ0n) is 17.0. The zero-order valence-corrected chi connectivity index (χ0v) is 17.0. The second kappa shape index (κ2) is 8.91. The van der Waals surface area contributed by atoms with Gasteiger partial charge in [-0.15, -0.1) is 0 Å². The SMILES string of the molecule is CC(=O)N(CC(=O)Nc1ccc(N2CCCCC2)cc1)c1ccc(C)cc1C. The predicted molar refractivity (Wildman–Crippen MR) is 115 cm³/mol. The Bertz CT molecular complexity index is 839. The molecule has 1 aliphatic rings. The Morgan fingerprint density at radius 3 is 2.29 bits per heavy atom. The lowest BCUT2D eigenvalue weighted by atomic mass is 10.1. The molecule has 1 fully saturated rings. The number of hydrogen-bond donors (Lipinski definition) is 1. The molecule has 1 aliphatic heterocycles. The minimum absolute atomic E-state index is 0.00683. The van der Waals surface area contributed by atoms with Crippen molar-refractivity contribution in [3.63, 3.8) is 0 Å². The summed E-state index contributed by atoms with van der Waals surface area (Å²) in [5, 5.41) is 2.91. The second-order valence-corrected chi connectivity index (χ2v) is 7.54. The van der Waals surface area contributed by atoms with Crippen molar-refractivity contribution in [3.05, 3.63) is 53.6 Å². The summed E-state index contributed by atoms with van der Waals surface area (Å²) in [6.07, 6.45) is 3.77. The Morgan fingerprint density at radius 2 is 1.68 bits per heavy atom. The van der Waals surface area contributed by atoms with Gasteiger partial charge in [-0.1, -0.05) is 17.7 Å². The fraction of sp³-hybridized carbons (Fsp3) is 0.391. The fourth-order valence-corrected chi connectivity index (χ4v) is 3.73. The third-order valence-corrected chi connectivity index (χ3v) is 5.20. The van der Waals surface area contributed by atoms with Crippen molar-refractivity contribution >= 4 is 28.9 Å². The summed E-state index contributed by atoms with van der Waals surface area (Å²) < 4.78 is 0. The third kappa shape index (κ3) is 4.91. The largest absolute Gasteiger partial charge is 0.372 e. The van der Waals surface area contributed by atoms with Crippen LogP contribution in [-0.2, 0) is 9.59 Å². The quantitative estimate of drug-likeness (QED) is 0.843. The molecule has 0 aromatic heterocycles. The Morgan fingerprint density at radius 1 is 1.00 bits per heavy atom. The molecule has 2 amide bonds. The maximum absolute atomic E-state index is 12.6. The van der Waals surface area contributed by atoms with Crippen molar-refractivity contribution in [1.82, 2.24) is 0 Å². The van der Waals surface area contributed by atoms with E-state index < -0.39 is 0 Å². The van der Waals surface area contributed by atoms with Crippen LogP contribution >= 0.6 is 0 Å². The molecule has 0 radical (unpaired) electrons. The Labute approximate surface area is 167 Å². The molecule has 0 spiro atoms. The molecular formula is C23H29N3O2. The minimum atomic E-state index is -0.208. The Kier molecular flexibility index (Phi) is 6.34. The number of benzene rings is 2. The van der Waals surface area contributed by atoms with Crippen LogP contribution in [0.1, 0.15) is 37.3 Å². The van der Waals surface area contributed by atoms with Crippen molar-refractivity contribution in [1.29, 1.82) is 0 Å². The number of carbonyl (C=O) groups is 2. The molecule has 2 aromatic carbocycles. The lowest BCUT2D eigenvalue weighted by Crippen LogP contribution is -2.37. The van der Waals surface area contributed by atoms with Gasteiger partial charge in [0.1, 0.15) is 6.54 Å². The number of amides is 2. The minimum Gasteiger partial charge on any atom is -0.372 e. The van der Waals surface area contributed by atoms with Crippen molar-refractivity contribution in [2.75, 3.05) is 34.8 Å². The van der Waals surface area contributed by atoms with Crippen LogP contribution in [0.4, 0.5) is 17.1 Å². The average molecular weight is 380 g/mol. The Hall–Kier alpha value is -2.82. The summed E-state index contributed by atoms with van der Waals surface area (Å²) in [6.45, 7) is 7.63. The average Bonchev–Trinajstić information content (AvgIpc) is 2.68. The van der Waals surface area contributed by atoms with Crippen LogP contribution in [0.3, 0.4) is 0 Å². The number of nitrogens with one attached hydrogen (secondary N) is 1.